The molecule has 0 bridgehead atoms. The van der Waals surface area contributed by atoms with Crippen molar-refractivity contribution in [2.45, 2.75) is 37.4 Å². The summed E-state index contributed by atoms with van der Waals surface area (Å²) in [7, 11) is 0. The fourth-order valence-corrected chi connectivity index (χ4v) is 4.47. The molecular formula is C27H29N3O2. The zero-order valence-corrected chi connectivity index (χ0v) is 18.1. The largest absolute Gasteiger partial charge is 0.350 e. The third kappa shape index (κ3) is 4.89. The van der Waals surface area contributed by atoms with Crippen molar-refractivity contribution in [1.29, 1.82) is 0 Å². The van der Waals surface area contributed by atoms with Gasteiger partial charge in [0.25, 0.3) is 0 Å². The molecule has 32 heavy (non-hydrogen) atoms. The van der Waals surface area contributed by atoms with Crippen LogP contribution in [0.4, 0.5) is 0 Å². The Morgan fingerprint density at radius 2 is 1.41 bits per heavy atom. The molecule has 0 saturated carbocycles. The number of hydrogen-bond acceptors (Lipinski definition) is 3. The van der Waals surface area contributed by atoms with Crippen LogP contribution >= 0.6 is 0 Å². The van der Waals surface area contributed by atoms with Gasteiger partial charge in [-0.25, -0.2) is 0 Å². The zero-order valence-electron chi connectivity index (χ0n) is 18.1. The first-order chi connectivity index (χ1) is 15.6. The Morgan fingerprint density at radius 1 is 0.875 bits per heavy atom. The van der Waals surface area contributed by atoms with Crippen molar-refractivity contribution < 1.29 is 9.59 Å². The minimum absolute atomic E-state index is 0.122. The number of likely N-dealkylation sites (tertiary alicyclic amines) is 1. The van der Waals surface area contributed by atoms with Gasteiger partial charge >= 0.3 is 0 Å². The fourth-order valence-electron chi connectivity index (χ4n) is 4.47. The zero-order chi connectivity index (χ0) is 22.3. The Balaban J connectivity index is 1.51. The molecule has 2 amide bonds. The molecule has 4 rings (SSSR count). The molecule has 1 aliphatic rings. The highest BCUT2D eigenvalue weighted by atomic mass is 16.2. The summed E-state index contributed by atoms with van der Waals surface area (Å²) in [6.45, 7) is 0.993. The van der Waals surface area contributed by atoms with Crippen molar-refractivity contribution in [2.75, 3.05) is 6.54 Å². The second-order valence-corrected chi connectivity index (χ2v) is 8.22. The molecule has 1 heterocycles. The van der Waals surface area contributed by atoms with Gasteiger partial charge in [-0.2, -0.15) is 0 Å². The molecule has 0 radical (unpaired) electrons. The molecule has 3 aromatic carbocycles. The van der Waals surface area contributed by atoms with Crippen LogP contribution in [-0.4, -0.2) is 35.3 Å². The van der Waals surface area contributed by atoms with Crippen LogP contribution in [0.25, 0.3) is 0 Å². The molecule has 1 saturated heterocycles. The minimum Gasteiger partial charge on any atom is -0.350 e. The summed E-state index contributed by atoms with van der Waals surface area (Å²) in [5, 5.41) is 2.98. The molecule has 0 aliphatic carbocycles. The third-order valence-electron chi connectivity index (χ3n) is 6.11. The lowest BCUT2D eigenvalue weighted by atomic mass is 9.84. The quantitative estimate of drug-likeness (QED) is 0.606. The Morgan fingerprint density at radius 3 is 1.97 bits per heavy atom. The number of nitrogens with one attached hydrogen (secondary N) is 1. The van der Waals surface area contributed by atoms with Crippen LogP contribution in [-0.2, 0) is 16.1 Å². The van der Waals surface area contributed by atoms with Crippen molar-refractivity contribution in [3.63, 3.8) is 0 Å². The highest BCUT2D eigenvalue weighted by Crippen LogP contribution is 2.30. The average molecular weight is 428 g/mol. The van der Waals surface area contributed by atoms with Crippen LogP contribution in [0.1, 0.15) is 35.4 Å². The lowest BCUT2D eigenvalue weighted by Crippen LogP contribution is -2.52. The van der Waals surface area contributed by atoms with Gasteiger partial charge in [0, 0.05) is 19.0 Å². The lowest BCUT2D eigenvalue weighted by Gasteiger charge is -2.31. The standard InChI is InChI=1S/C27H29N3O2/c28-25(24(21-13-6-2-7-14-21)22-15-8-3-9-16-22)27(32)30-18-10-17-23(30)26(31)29-19-20-11-4-1-5-12-20/h1-9,11-16,23-25H,10,17-19,28H2,(H,29,31)/t23-,25?/m0/s1. The van der Waals surface area contributed by atoms with Gasteiger partial charge in [-0.1, -0.05) is 91.0 Å². The van der Waals surface area contributed by atoms with Gasteiger partial charge in [0.15, 0.2) is 0 Å². The van der Waals surface area contributed by atoms with Crippen LogP contribution < -0.4 is 11.1 Å². The van der Waals surface area contributed by atoms with Gasteiger partial charge in [0.05, 0.1) is 6.04 Å². The summed E-state index contributed by atoms with van der Waals surface area (Å²) in [6.07, 6.45) is 1.45. The van der Waals surface area contributed by atoms with E-state index in [1.54, 1.807) is 4.90 Å². The first-order valence-electron chi connectivity index (χ1n) is 11.1. The van der Waals surface area contributed by atoms with Gasteiger partial charge < -0.3 is 16.0 Å². The van der Waals surface area contributed by atoms with E-state index < -0.39 is 12.1 Å². The average Bonchev–Trinajstić information content (AvgIpc) is 3.34. The van der Waals surface area contributed by atoms with Gasteiger partial charge in [-0.05, 0) is 29.5 Å². The van der Waals surface area contributed by atoms with Gasteiger partial charge in [0.1, 0.15) is 6.04 Å². The summed E-state index contributed by atoms with van der Waals surface area (Å²) in [5.74, 6) is -0.582. The molecular weight excluding hydrogens is 398 g/mol. The Labute approximate surface area is 189 Å². The van der Waals surface area contributed by atoms with Gasteiger partial charge in [-0.15, -0.1) is 0 Å². The van der Waals surface area contributed by atoms with E-state index in [2.05, 4.69) is 5.32 Å². The van der Waals surface area contributed by atoms with Gasteiger partial charge in [-0.3, -0.25) is 9.59 Å². The van der Waals surface area contributed by atoms with Crippen molar-refractivity contribution in [2.24, 2.45) is 5.73 Å². The second kappa shape index (κ2) is 10.2. The first kappa shape index (κ1) is 21.8. The third-order valence-corrected chi connectivity index (χ3v) is 6.11. The van der Waals surface area contributed by atoms with E-state index in [-0.39, 0.29) is 17.7 Å². The molecule has 164 valence electrons. The van der Waals surface area contributed by atoms with E-state index in [9.17, 15) is 9.59 Å². The summed E-state index contributed by atoms with van der Waals surface area (Å²) in [4.78, 5) is 28.1. The van der Waals surface area contributed by atoms with Crippen LogP contribution in [0.5, 0.6) is 0 Å². The smallest absolute Gasteiger partial charge is 0.243 e. The number of carbonyl (C=O) groups excluding carboxylic acids is 2. The molecule has 1 aliphatic heterocycles. The van der Waals surface area contributed by atoms with E-state index >= 15 is 0 Å². The molecule has 0 aromatic heterocycles. The number of hydrogen-bond donors (Lipinski definition) is 2. The SMILES string of the molecule is NC(C(=O)N1CCC[C@H]1C(=O)NCc1ccccc1)C(c1ccccc1)c1ccccc1. The Bertz CT molecular complexity index is 985. The number of amides is 2. The summed E-state index contributed by atoms with van der Waals surface area (Å²) in [6, 6.07) is 28.2. The normalized spacial score (nSPS) is 16.7. The van der Waals surface area contributed by atoms with Crippen LogP contribution in [0, 0.1) is 0 Å². The topological polar surface area (TPSA) is 75.4 Å². The summed E-state index contributed by atoms with van der Waals surface area (Å²) >= 11 is 0. The van der Waals surface area contributed by atoms with E-state index in [0.29, 0.717) is 19.5 Å². The van der Waals surface area contributed by atoms with Crippen molar-refractivity contribution >= 4 is 11.8 Å². The molecule has 3 N–H and O–H groups in total. The molecule has 2 atom stereocenters. The van der Waals surface area contributed by atoms with E-state index in [1.807, 2.05) is 91.0 Å². The Hall–Kier alpha value is -3.44. The summed E-state index contributed by atoms with van der Waals surface area (Å²) < 4.78 is 0. The summed E-state index contributed by atoms with van der Waals surface area (Å²) in [5.41, 5.74) is 9.62. The molecule has 0 spiro atoms. The highest BCUT2D eigenvalue weighted by molar-refractivity contribution is 5.91. The van der Waals surface area contributed by atoms with Crippen LogP contribution in [0.3, 0.4) is 0 Å². The number of nitrogens with two attached hydrogens (primary N) is 1. The van der Waals surface area contributed by atoms with E-state index in [0.717, 1.165) is 23.1 Å². The van der Waals surface area contributed by atoms with Crippen LogP contribution in [0.2, 0.25) is 0 Å². The lowest BCUT2D eigenvalue weighted by molar-refractivity contribution is -0.139. The second-order valence-electron chi connectivity index (χ2n) is 8.22. The molecule has 5 heteroatoms. The highest BCUT2D eigenvalue weighted by Gasteiger charge is 2.39. The monoisotopic (exact) mass is 427 g/mol. The van der Waals surface area contributed by atoms with Gasteiger partial charge in [0.2, 0.25) is 11.8 Å². The predicted octanol–water partition coefficient (Wildman–Crippen LogP) is 3.45. The number of benzene rings is 3. The molecule has 3 aromatic rings. The van der Waals surface area contributed by atoms with E-state index in [1.165, 1.54) is 0 Å². The first-order valence-corrected chi connectivity index (χ1v) is 11.1. The number of rotatable bonds is 7. The van der Waals surface area contributed by atoms with E-state index in [4.69, 9.17) is 5.73 Å². The van der Waals surface area contributed by atoms with Crippen molar-refractivity contribution in [1.82, 2.24) is 10.2 Å². The van der Waals surface area contributed by atoms with Crippen LogP contribution in [0.15, 0.2) is 91.0 Å². The minimum atomic E-state index is -0.776. The Kier molecular flexibility index (Phi) is 6.97. The predicted molar refractivity (Wildman–Crippen MR) is 126 cm³/mol. The maximum atomic E-state index is 13.5. The van der Waals surface area contributed by atoms with Crippen molar-refractivity contribution in [3.8, 4) is 0 Å². The maximum Gasteiger partial charge on any atom is 0.243 e. The fraction of sp³-hybridized carbons (Fsp3) is 0.259. The van der Waals surface area contributed by atoms with Crippen molar-refractivity contribution in [3.05, 3.63) is 108 Å². The molecule has 1 fully saturated rings. The number of carbonyl (C=O) groups is 2. The molecule has 1 unspecified atom stereocenters. The molecule has 5 nitrogen and oxygen atoms in total. The number of nitrogens with zero attached hydrogens (tertiary/aromatic N) is 1. The maximum absolute atomic E-state index is 13.5.